The predicted octanol–water partition coefficient (Wildman–Crippen LogP) is 5.27. The van der Waals surface area contributed by atoms with E-state index in [0.717, 1.165) is 51.6 Å². The van der Waals surface area contributed by atoms with Crippen LogP contribution < -0.4 is 5.32 Å². The van der Waals surface area contributed by atoms with Gasteiger partial charge >= 0.3 is 11.9 Å². The topological polar surface area (TPSA) is 114 Å². The Hall–Kier alpha value is -1.22. The third-order valence-corrected chi connectivity index (χ3v) is 15.5. The highest BCUT2D eigenvalue weighted by Crippen LogP contribution is 2.89. The van der Waals surface area contributed by atoms with Gasteiger partial charge in [-0.2, -0.15) is 0 Å². The average Bonchev–Trinajstić information content (AvgIpc) is 3.53. The van der Waals surface area contributed by atoms with Gasteiger partial charge in [0.25, 0.3) is 0 Å². The zero-order valence-corrected chi connectivity index (χ0v) is 29.4. The van der Waals surface area contributed by atoms with Gasteiger partial charge in [-0.05, 0) is 112 Å². The van der Waals surface area contributed by atoms with Crippen LogP contribution in [-0.2, 0) is 23.8 Å². The summed E-state index contributed by atoms with van der Waals surface area (Å²) in [7, 11) is 1.63. The molecule has 6 aliphatic rings. The van der Waals surface area contributed by atoms with Crippen molar-refractivity contribution < 1.29 is 34.0 Å². The molecule has 0 aromatic heterocycles. The molecule has 0 radical (unpaired) electrons. The van der Waals surface area contributed by atoms with Crippen molar-refractivity contribution in [2.45, 2.75) is 143 Å². The van der Waals surface area contributed by atoms with Gasteiger partial charge < -0.3 is 29.7 Å². The van der Waals surface area contributed by atoms with E-state index < -0.39 is 23.8 Å². The lowest BCUT2D eigenvalue weighted by molar-refractivity contribution is -0.196. The second-order valence-corrected chi connectivity index (χ2v) is 18.0. The van der Waals surface area contributed by atoms with Gasteiger partial charge in [0.15, 0.2) is 6.10 Å². The SMILES string of the molecule is COC(C[C@@H](C)[C@H]1C[C@H](O)[C@@]2(C)C3CC[C@H]4C(C)(C)C(OC(=O)C5CNC5)CCC45CC35CCC12C)C(OC(C)=O)C(C)(C)O. The Balaban J connectivity index is 1.22. The van der Waals surface area contributed by atoms with E-state index in [2.05, 4.69) is 39.9 Å². The molecule has 0 amide bonds. The summed E-state index contributed by atoms with van der Waals surface area (Å²) in [5, 5.41) is 26.2. The third kappa shape index (κ3) is 4.72. The maximum Gasteiger partial charge on any atom is 0.311 e. The number of nitrogens with one attached hydrogen (secondary N) is 1. The number of carbonyl (C=O) groups excluding carboxylic acids is 2. The molecule has 12 atom stereocenters. The molecule has 6 rings (SSSR count). The first-order valence-corrected chi connectivity index (χ1v) is 17.9. The largest absolute Gasteiger partial charge is 0.462 e. The number of hydrogen-bond donors (Lipinski definition) is 3. The number of aliphatic hydroxyl groups is 2. The van der Waals surface area contributed by atoms with E-state index >= 15 is 0 Å². The minimum Gasteiger partial charge on any atom is -0.462 e. The molecule has 7 unspecified atom stereocenters. The van der Waals surface area contributed by atoms with Crippen molar-refractivity contribution in [2.75, 3.05) is 20.2 Å². The van der Waals surface area contributed by atoms with Crippen molar-refractivity contribution in [2.24, 2.45) is 56.7 Å². The summed E-state index contributed by atoms with van der Waals surface area (Å²) in [6.07, 6.45) is 7.72. The van der Waals surface area contributed by atoms with Gasteiger partial charge in [0.2, 0.25) is 0 Å². The number of esters is 2. The number of methoxy groups -OCH3 is 1. The molecule has 5 aliphatic carbocycles. The van der Waals surface area contributed by atoms with Crippen LogP contribution in [-0.4, -0.2) is 72.4 Å². The van der Waals surface area contributed by atoms with E-state index in [1.165, 1.54) is 19.8 Å². The van der Waals surface area contributed by atoms with Crippen LogP contribution in [0.25, 0.3) is 0 Å². The van der Waals surface area contributed by atoms with E-state index in [0.29, 0.717) is 29.6 Å². The molecule has 45 heavy (non-hydrogen) atoms. The molecule has 1 aliphatic heterocycles. The Labute approximate surface area is 271 Å². The minimum absolute atomic E-state index is 0.0108. The predicted molar refractivity (Wildman–Crippen MR) is 171 cm³/mol. The number of carbonyl (C=O) groups is 2. The van der Waals surface area contributed by atoms with Crippen molar-refractivity contribution in [3.8, 4) is 0 Å². The summed E-state index contributed by atoms with van der Waals surface area (Å²) in [5.41, 5.74) is -0.947. The van der Waals surface area contributed by atoms with Gasteiger partial charge in [-0.3, -0.25) is 9.59 Å². The van der Waals surface area contributed by atoms with Crippen molar-refractivity contribution in [3.63, 3.8) is 0 Å². The molecule has 0 bridgehead atoms. The normalized spacial score (nSPS) is 45.4. The maximum absolute atomic E-state index is 12.9. The highest BCUT2D eigenvalue weighted by atomic mass is 16.6. The van der Waals surface area contributed by atoms with Crippen LogP contribution in [0.5, 0.6) is 0 Å². The second kappa shape index (κ2) is 10.9. The summed E-state index contributed by atoms with van der Waals surface area (Å²) >= 11 is 0. The quantitative estimate of drug-likeness (QED) is 0.295. The smallest absolute Gasteiger partial charge is 0.311 e. The van der Waals surface area contributed by atoms with E-state index in [4.69, 9.17) is 14.2 Å². The molecule has 0 aromatic carbocycles. The van der Waals surface area contributed by atoms with E-state index in [1.54, 1.807) is 21.0 Å². The number of rotatable bonds is 9. The van der Waals surface area contributed by atoms with Gasteiger partial charge in [0.05, 0.1) is 23.7 Å². The van der Waals surface area contributed by atoms with Crippen molar-refractivity contribution in [1.82, 2.24) is 5.32 Å². The Morgan fingerprint density at radius 1 is 1.00 bits per heavy atom. The van der Waals surface area contributed by atoms with Crippen LogP contribution in [0.3, 0.4) is 0 Å². The van der Waals surface area contributed by atoms with Crippen molar-refractivity contribution >= 4 is 11.9 Å². The van der Waals surface area contributed by atoms with Crippen LogP contribution in [0.2, 0.25) is 0 Å². The molecule has 6 fully saturated rings. The van der Waals surface area contributed by atoms with Gasteiger partial charge in [0.1, 0.15) is 6.10 Å². The highest BCUT2D eigenvalue weighted by molar-refractivity contribution is 5.74. The minimum atomic E-state index is -1.24. The standard InChI is InChI=1S/C37H61NO7/c1-21(16-25(43-9)30(33(5,6)42)44-22(2)39)24-17-28(40)35(8)27-11-10-26-32(3,4)29(45-31(41)23-18-38-19-23)12-13-36(26)20-37(27,36)15-14-34(24,35)7/h21,23-30,38,40,42H,10-20H2,1-9H3/t21-,24-,25?,26+,27?,28+,29?,30?,34?,35-,36?,37?/m1/s1. The molecule has 8 heteroatoms. The monoisotopic (exact) mass is 631 g/mol. The summed E-state index contributed by atoms with van der Waals surface area (Å²) in [5.74, 6) is 1.09. The van der Waals surface area contributed by atoms with Crippen molar-refractivity contribution in [1.29, 1.82) is 0 Å². The second-order valence-electron chi connectivity index (χ2n) is 18.0. The van der Waals surface area contributed by atoms with E-state index in [-0.39, 0.29) is 51.7 Å². The fourth-order valence-corrected chi connectivity index (χ4v) is 12.9. The number of ether oxygens (including phenoxy) is 3. The fraction of sp³-hybridized carbons (Fsp3) is 0.946. The molecule has 0 aromatic rings. The van der Waals surface area contributed by atoms with Gasteiger partial charge in [0, 0.05) is 38.0 Å². The van der Waals surface area contributed by atoms with Crippen molar-refractivity contribution in [3.05, 3.63) is 0 Å². The molecule has 2 spiro atoms. The molecule has 1 heterocycles. The van der Waals surface area contributed by atoms with Gasteiger partial charge in [-0.1, -0.05) is 34.6 Å². The van der Waals surface area contributed by atoms with Crippen LogP contribution in [0.1, 0.15) is 113 Å². The molecule has 256 valence electrons. The zero-order chi connectivity index (χ0) is 33.0. The maximum atomic E-state index is 12.9. The van der Waals surface area contributed by atoms with Crippen LogP contribution >= 0.6 is 0 Å². The highest BCUT2D eigenvalue weighted by Gasteiger charge is 2.83. The van der Waals surface area contributed by atoms with Crippen LogP contribution in [0.4, 0.5) is 0 Å². The summed E-state index contributed by atoms with van der Waals surface area (Å²) in [6.45, 7) is 18.0. The number of hydrogen-bond acceptors (Lipinski definition) is 8. The van der Waals surface area contributed by atoms with Crippen LogP contribution in [0.15, 0.2) is 0 Å². The number of aliphatic hydroxyl groups excluding tert-OH is 1. The molecule has 8 nitrogen and oxygen atoms in total. The Morgan fingerprint density at radius 2 is 1.64 bits per heavy atom. The first-order valence-electron chi connectivity index (χ1n) is 17.9. The molecule has 1 saturated heterocycles. The van der Waals surface area contributed by atoms with E-state index in [1.807, 2.05) is 0 Å². The summed E-state index contributed by atoms with van der Waals surface area (Å²) in [6, 6.07) is 0. The van der Waals surface area contributed by atoms with Gasteiger partial charge in [-0.25, -0.2) is 0 Å². The molecular formula is C37H61NO7. The van der Waals surface area contributed by atoms with Crippen LogP contribution in [0, 0.1) is 56.7 Å². The average molecular weight is 632 g/mol. The number of fused-ring (bicyclic) bond motifs is 2. The fourth-order valence-electron chi connectivity index (χ4n) is 12.9. The lowest BCUT2D eigenvalue weighted by Crippen LogP contribution is -2.60. The third-order valence-electron chi connectivity index (χ3n) is 15.5. The molecular weight excluding hydrogens is 570 g/mol. The summed E-state index contributed by atoms with van der Waals surface area (Å²) < 4.78 is 17.8. The molecule has 3 N–H and O–H groups in total. The summed E-state index contributed by atoms with van der Waals surface area (Å²) in [4.78, 5) is 24.8. The Kier molecular flexibility index (Phi) is 8.15. The first-order chi connectivity index (χ1) is 20.9. The Morgan fingerprint density at radius 3 is 2.22 bits per heavy atom. The lowest BCUT2D eigenvalue weighted by Gasteiger charge is -2.64. The first kappa shape index (κ1) is 33.7. The van der Waals surface area contributed by atoms with E-state index in [9.17, 15) is 19.8 Å². The lowest BCUT2D eigenvalue weighted by atomic mass is 9.41. The Bertz CT molecular complexity index is 1180. The molecule has 5 saturated carbocycles. The zero-order valence-electron chi connectivity index (χ0n) is 29.4. The van der Waals surface area contributed by atoms with Gasteiger partial charge in [-0.15, -0.1) is 0 Å².